The van der Waals surface area contributed by atoms with E-state index >= 15 is 0 Å². The predicted octanol–water partition coefficient (Wildman–Crippen LogP) is 5.18. The van der Waals surface area contributed by atoms with Gasteiger partial charge in [0, 0.05) is 19.2 Å². The molecule has 27 heavy (non-hydrogen) atoms. The largest absolute Gasteiger partial charge is 0.487 e. The number of hydrogen-bond donors (Lipinski definition) is 1. The standard InChI is InChI=1S/C17H16Cl4N2O3S/c1-23-7-6-11(9-23)26-14-8-10(2-3-12(14)18)22-27(24,25)15-5-4-13(19)16(20)17(15)21/h2-5,8,11,22H,6-7,9H2,1H3. The summed E-state index contributed by atoms with van der Waals surface area (Å²) in [6.45, 7) is 1.72. The third-order valence-electron chi connectivity index (χ3n) is 4.11. The van der Waals surface area contributed by atoms with Gasteiger partial charge < -0.3 is 9.64 Å². The van der Waals surface area contributed by atoms with Crippen molar-refractivity contribution in [3.63, 3.8) is 0 Å². The first-order chi connectivity index (χ1) is 12.7. The van der Waals surface area contributed by atoms with Crippen LogP contribution in [0.5, 0.6) is 5.75 Å². The molecule has 0 aromatic heterocycles. The normalized spacial score (nSPS) is 17.9. The molecule has 0 bridgehead atoms. The molecule has 0 spiro atoms. The molecule has 1 saturated heterocycles. The zero-order valence-electron chi connectivity index (χ0n) is 14.2. The van der Waals surface area contributed by atoms with Crippen molar-refractivity contribution in [2.24, 2.45) is 0 Å². The number of ether oxygens (including phenoxy) is 1. The lowest BCUT2D eigenvalue weighted by Gasteiger charge is -2.16. The van der Waals surface area contributed by atoms with Crippen LogP contribution in [0, 0.1) is 0 Å². The van der Waals surface area contributed by atoms with Gasteiger partial charge in [-0.2, -0.15) is 0 Å². The molecule has 1 unspecified atom stereocenters. The molecule has 1 N–H and O–H groups in total. The Morgan fingerprint density at radius 1 is 1.07 bits per heavy atom. The fraction of sp³-hybridized carbons (Fsp3) is 0.294. The average Bonchev–Trinajstić information content (AvgIpc) is 3.00. The maximum absolute atomic E-state index is 12.7. The molecule has 0 radical (unpaired) electrons. The molecule has 1 fully saturated rings. The lowest BCUT2D eigenvalue weighted by molar-refractivity contribution is 0.208. The van der Waals surface area contributed by atoms with E-state index in [1.165, 1.54) is 12.1 Å². The van der Waals surface area contributed by atoms with Gasteiger partial charge in [-0.05, 0) is 37.7 Å². The van der Waals surface area contributed by atoms with E-state index in [0.29, 0.717) is 16.5 Å². The number of anilines is 1. The molecular weight excluding hydrogens is 454 g/mol. The van der Waals surface area contributed by atoms with E-state index < -0.39 is 10.0 Å². The summed E-state index contributed by atoms with van der Waals surface area (Å²) in [5.74, 6) is 0.414. The second-order valence-corrected chi connectivity index (χ2v) is 9.44. The molecule has 146 valence electrons. The average molecular weight is 470 g/mol. The summed E-state index contributed by atoms with van der Waals surface area (Å²) in [5, 5.41) is 0.409. The van der Waals surface area contributed by atoms with Crippen molar-refractivity contribution in [3.05, 3.63) is 50.4 Å². The van der Waals surface area contributed by atoms with Gasteiger partial charge in [0.1, 0.15) is 16.7 Å². The van der Waals surface area contributed by atoms with E-state index in [1.807, 2.05) is 7.05 Å². The van der Waals surface area contributed by atoms with E-state index in [0.717, 1.165) is 19.5 Å². The third kappa shape index (κ3) is 4.75. The number of nitrogens with one attached hydrogen (secondary N) is 1. The molecule has 3 rings (SSSR count). The molecule has 0 aliphatic carbocycles. The van der Waals surface area contributed by atoms with Crippen LogP contribution in [0.3, 0.4) is 0 Å². The summed E-state index contributed by atoms with van der Waals surface area (Å²) in [7, 11) is -1.97. The van der Waals surface area contributed by atoms with Crippen LogP contribution in [-0.2, 0) is 10.0 Å². The van der Waals surface area contributed by atoms with Crippen LogP contribution >= 0.6 is 46.4 Å². The number of benzene rings is 2. The van der Waals surface area contributed by atoms with Crippen LogP contribution in [0.2, 0.25) is 20.1 Å². The second-order valence-electron chi connectivity index (χ2n) is 6.21. The molecule has 1 atom stereocenters. The van der Waals surface area contributed by atoms with Crippen molar-refractivity contribution in [2.75, 3.05) is 24.9 Å². The molecule has 2 aromatic carbocycles. The number of nitrogens with zero attached hydrogens (tertiary/aromatic N) is 1. The topological polar surface area (TPSA) is 58.6 Å². The van der Waals surface area contributed by atoms with Crippen LogP contribution in [0.15, 0.2) is 35.2 Å². The Labute approximate surface area is 178 Å². The first kappa shape index (κ1) is 20.8. The van der Waals surface area contributed by atoms with Gasteiger partial charge in [0.15, 0.2) is 0 Å². The van der Waals surface area contributed by atoms with E-state index in [9.17, 15) is 8.42 Å². The van der Waals surface area contributed by atoms with Crippen LogP contribution in [-0.4, -0.2) is 39.6 Å². The number of likely N-dealkylation sites (tertiary alicyclic amines) is 1. The highest BCUT2D eigenvalue weighted by Gasteiger charge is 2.24. The minimum Gasteiger partial charge on any atom is -0.487 e. The van der Waals surface area contributed by atoms with Gasteiger partial charge in [-0.15, -0.1) is 0 Å². The number of hydrogen-bond acceptors (Lipinski definition) is 4. The second kappa shape index (κ2) is 8.23. The highest BCUT2D eigenvalue weighted by Crippen LogP contribution is 2.36. The molecule has 1 aliphatic rings. The minimum absolute atomic E-state index is 0.00359. The first-order valence-corrected chi connectivity index (χ1v) is 11.0. The Balaban J connectivity index is 1.85. The van der Waals surface area contributed by atoms with Crippen molar-refractivity contribution in [1.82, 2.24) is 4.90 Å². The maximum Gasteiger partial charge on any atom is 0.263 e. The van der Waals surface area contributed by atoms with Gasteiger partial charge in [0.25, 0.3) is 10.0 Å². The number of sulfonamides is 1. The Kier molecular flexibility index (Phi) is 6.35. The SMILES string of the molecule is CN1CCC(Oc2cc(NS(=O)(=O)c3ccc(Cl)c(Cl)c3Cl)ccc2Cl)C1. The summed E-state index contributed by atoms with van der Waals surface area (Å²) < 4.78 is 33.8. The van der Waals surface area contributed by atoms with Crippen LogP contribution < -0.4 is 9.46 Å². The molecule has 0 amide bonds. The number of halogens is 4. The van der Waals surface area contributed by atoms with E-state index in [1.54, 1.807) is 18.2 Å². The lowest BCUT2D eigenvalue weighted by Crippen LogP contribution is -2.21. The summed E-state index contributed by atoms with van der Waals surface area (Å²) in [5.41, 5.74) is 0.294. The van der Waals surface area contributed by atoms with Gasteiger partial charge in [0.05, 0.1) is 25.8 Å². The van der Waals surface area contributed by atoms with Crippen LogP contribution in [0.1, 0.15) is 6.42 Å². The first-order valence-electron chi connectivity index (χ1n) is 7.98. The molecule has 0 saturated carbocycles. The van der Waals surface area contributed by atoms with Gasteiger partial charge in [-0.3, -0.25) is 4.72 Å². The highest BCUT2D eigenvalue weighted by molar-refractivity contribution is 7.92. The van der Waals surface area contributed by atoms with Crippen molar-refractivity contribution in [2.45, 2.75) is 17.4 Å². The van der Waals surface area contributed by atoms with Crippen molar-refractivity contribution >= 4 is 62.1 Å². The van der Waals surface area contributed by atoms with E-state index in [2.05, 4.69) is 9.62 Å². The summed E-state index contributed by atoms with van der Waals surface area (Å²) in [4.78, 5) is 1.98. The Bertz CT molecular complexity index is 969. The van der Waals surface area contributed by atoms with Crippen molar-refractivity contribution in [3.8, 4) is 5.75 Å². The summed E-state index contributed by atoms with van der Waals surface area (Å²) in [6.07, 6.45) is 0.880. The minimum atomic E-state index is -3.98. The van der Waals surface area contributed by atoms with Gasteiger partial charge in [0.2, 0.25) is 0 Å². The predicted molar refractivity (Wildman–Crippen MR) is 110 cm³/mol. The number of likely N-dealkylation sites (N-methyl/N-ethyl adjacent to an activating group) is 1. The summed E-state index contributed by atoms with van der Waals surface area (Å²) in [6, 6.07) is 7.32. The molecular formula is C17H16Cl4N2O3S. The smallest absolute Gasteiger partial charge is 0.263 e. The van der Waals surface area contributed by atoms with E-state index in [-0.39, 0.29) is 26.1 Å². The Morgan fingerprint density at radius 2 is 1.78 bits per heavy atom. The maximum atomic E-state index is 12.7. The van der Waals surface area contributed by atoms with Crippen LogP contribution in [0.25, 0.3) is 0 Å². The quantitative estimate of drug-likeness (QED) is 0.612. The molecule has 1 heterocycles. The van der Waals surface area contributed by atoms with Crippen LogP contribution in [0.4, 0.5) is 5.69 Å². The van der Waals surface area contributed by atoms with Crippen molar-refractivity contribution < 1.29 is 13.2 Å². The zero-order valence-corrected chi connectivity index (χ0v) is 18.0. The Morgan fingerprint density at radius 3 is 2.44 bits per heavy atom. The lowest BCUT2D eigenvalue weighted by atomic mass is 10.3. The van der Waals surface area contributed by atoms with E-state index in [4.69, 9.17) is 51.1 Å². The molecule has 10 heteroatoms. The monoisotopic (exact) mass is 468 g/mol. The molecule has 5 nitrogen and oxygen atoms in total. The van der Waals surface area contributed by atoms with Gasteiger partial charge in [-0.25, -0.2) is 8.42 Å². The summed E-state index contributed by atoms with van der Waals surface area (Å²) >= 11 is 24.0. The van der Waals surface area contributed by atoms with Crippen molar-refractivity contribution in [1.29, 1.82) is 0 Å². The molecule has 2 aromatic rings. The highest BCUT2D eigenvalue weighted by atomic mass is 35.5. The van der Waals surface area contributed by atoms with Gasteiger partial charge in [-0.1, -0.05) is 46.4 Å². The zero-order chi connectivity index (χ0) is 19.8. The third-order valence-corrected chi connectivity index (χ3v) is 7.26. The number of rotatable bonds is 5. The van der Waals surface area contributed by atoms with Gasteiger partial charge >= 0.3 is 0 Å². The Hall–Kier alpha value is -0.890. The molecule has 1 aliphatic heterocycles. The fourth-order valence-corrected chi connectivity index (χ4v) is 4.94. The fourth-order valence-electron chi connectivity index (χ4n) is 2.75.